The third kappa shape index (κ3) is 2.96. The lowest BCUT2D eigenvalue weighted by Gasteiger charge is -2.21. The van der Waals surface area contributed by atoms with Crippen molar-refractivity contribution >= 4 is 27.9 Å². The van der Waals surface area contributed by atoms with Gasteiger partial charge < -0.3 is 21.1 Å². The van der Waals surface area contributed by atoms with Gasteiger partial charge in [-0.05, 0) is 18.2 Å². The maximum absolute atomic E-state index is 12.7. The van der Waals surface area contributed by atoms with Crippen LogP contribution in [-0.4, -0.2) is 64.1 Å². The molecule has 1 fully saturated rings. The number of aromatic carboxylic acids is 1. The van der Waals surface area contributed by atoms with E-state index in [-0.39, 0.29) is 5.56 Å². The Morgan fingerprint density at radius 1 is 1.21 bits per heavy atom. The molecule has 1 aromatic carbocycles. The molecular formula is C13H14N2O8S. The highest BCUT2D eigenvalue weighted by Gasteiger charge is 2.54. The predicted octanol–water partition coefficient (Wildman–Crippen LogP) is -0.985. The molecule has 0 radical (unpaired) electrons. The highest BCUT2D eigenvalue weighted by atomic mass is 32.2. The molecule has 1 saturated heterocycles. The van der Waals surface area contributed by atoms with E-state index in [4.69, 9.17) is 15.9 Å². The molecule has 0 aromatic heterocycles. The summed E-state index contributed by atoms with van der Waals surface area (Å²) in [6.45, 7) is -0.737. The molecule has 2 atom stereocenters. The first-order valence-corrected chi connectivity index (χ1v) is 8.03. The van der Waals surface area contributed by atoms with Crippen LogP contribution in [-0.2, 0) is 19.6 Å². The number of rotatable bonds is 5. The van der Waals surface area contributed by atoms with E-state index in [1.54, 1.807) is 0 Å². The molecule has 5 N–H and O–H groups in total. The molecule has 1 aromatic rings. The lowest BCUT2D eigenvalue weighted by atomic mass is 9.98. The van der Waals surface area contributed by atoms with Crippen LogP contribution in [0.15, 0.2) is 29.2 Å². The second-order valence-corrected chi connectivity index (χ2v) is 7.29. The quantitative estimate of drug-likeness (QED) is 0.515. The number of carboxylic acids is 3. The largest absolute Gasteiger partial charge is 0.480 e. The fourth-order valence-electron chi connectivity index (χ4n) is 2.44. The third-order valence-electron chi connectivity index (χ3n) is 3.74. The van der Waals surface area contributed by atoms with E-state index < -0.39 is 57.4 Å². The second kappa shape index (κ2) is 5.85. The van der Waals surface area contributed by atoms with Crippen molar-refractivity contribution in [3.8, 4) is 0 Å². The maximum atomic E-state index is 12.7. The number of hydrogen-bond donors (Lipinski definition) is 4. The van der Waals surface area contributed by atoms with Crippen molar-refractivity contribution in [3.05, 3.63) is 29.8 Å². The Morgan fingerprint density at radius 2 is 1.83 bits per heavy atom. The Morgan fingerprint density at radius 3 is 2.33 bits per heavy atom. The van der Waals surface area contributed by atoms with E-state index in [1.807, 2.05) is 0 Å². The first kappa shape index (κ1) is 17.8. The molecule has 24 heavy (non-hydrogen) atoms. The number of nitrogens with zero attached hydrogens (tertiary/aromatic N) is 1. The first-order valence-electron chi connectivity index (χ1n) is 6.59. The molecule has 10 nitrogen and oxygen atoms in total. The molecule has 11 heteroatoms. The van der Waals surface area contributed by atoms with Crippen LogP contribution in [0, 0.1) is 0 Å². The van der Waals surface area contributed by atoms with Crippen molar-refractivity contribution in [3.63, 3.8) is 0 Å². The van der Waals surface area contributed by atoms with Gasteiger partial charge in [-0.2, -0.15) is 4.31 Å². The molecule has 1 heterocycles. The number of aliphatic carboxylic acids is 2. The molecular weight excluding hydrogens is 344 g/mol. The average Bonchev–Trinajstić information content (AvgIpc) is 2.88. The number of hydrogen-bond acceptors (Lipinski definition) is 6. The van der Waals surface area contributed by atoms with Crippen molar-refractivity contribution in [2.75, 3.05) is 6.54 Å². The van der Waals surface area contributed by atoms with E-state index in [1.165, 1.54) is 12.1 Å². The van der Waals surface area contributed by atoms with Crippen molar-refractivity contribution in [2.24, 2.45) is 5.73 Å². The Labute approximate surface area is 136 Å². The molecule has 0 spiro atoms. The van der Waals surface area contributed by atoms with E-state index in [0.717, 1.165) is 12.1 Å². The van der Waals surface area contributed by atoms with Crippen LogP contribution < -0.4 is 5.73 Å². The molecule has 0 bridgehead atoms. The summed E-state index contributed by atoms with van der Waals surface area (Å²) >= 11 is 0. The van der Waals surface area contributed by atoms with Gasteiger partial charge in [0.25, 0.3) is 0 Å². The fraction of sp³-hybridized carbons (Fsp3) is 0.308. The normalized spacial score (nSPS) is 24.6. The topological polar surface area (TPSA) is 175 Å². The highest BCUT2D eigenvalue weighted by Crippen LogP contribution is 2.31. The molecule has 2 rings (SSSR count). The lowest BCUT2D eigenvalue weighted by Crippen LogP contribution is -2.50. The molecule has 1 aliphatic heterocycles. The number of carbonyl (C=O) groups is 3. The average molecular weight is 358 g/mol. The summed E-state index contributed by atoms with van der Waals surface area (Å²) in [5, 5.41) is 27.3. The Bertz CT molecular complexity index is 821. The minimum absolute atomic E-state index is 0.306. The Hall–Kier alpha value is -2.50. The monoisotopic (exact) mass is 358 g/mol. The minimum atomic E-state index is -4.45. The summed E-state index contributed by atoms with van der Waals surface area (Å²) < 4.78 is 25.8. The molecule has 130 valence electrons. The zero-order valence-electron chi connectivity index (χ0n) is 12.1. The zero-order valence-corrected chi connectivity index (χ0v) is 12.9. The van der Waals surface area contributed by atoms with E-state index >= 15 is 0 Å². The molecule has 0 aliphatic carbocycles. The van der Waals surface area contributed by atoms with Crippen molar-refractivity contribution in [1.29, 1.82) is 0 Å². The number of benzene rings is 1. The minimum Gasteiger partial charge on any atom is -0.480 e. The van der Waals surface area contributed by atoms with Gasteiger partial charge >= 0.3 is 17.9 Å². The molecule has 1 aliphatic rings. The van der Waals surface area contributed by atoms with Crippen LogP contribution in [0.5, 0.6) is 0 Å². The lowest BCUT2D eigenvalue weighted by molar-refractivity contribution is -0.142. The second-order valence-electron chi connectivity index (χ2n) is 5.40. The summed E-state index contributed by atoms with van der Waals surface area (Å²) in [7, 11) is -4.45. The number of sulfonamides is 1. The predicted molar refractivity (Wildman–Crippen MR) is 77.9 cm³/mol. The van der Waals surface area contributed by atoms with Gasteiger partial charge in [-0.1, -0.05) is 6.07 Å². The standard InChI is InChI=1S/C13H14N2O8S/c14-13(12(20)21)5-9(11(18)19)15(6-13)24(22,23)8-3-1-2-7(4-8)10(16)17/h1-4,9H,5-6,14H2,(H,16,17)(H,18,19)(H,20,21)/t9-,13-/m1/s1. The van der Waals surface area contributed by atoms with Crippen molar-refractivity contribution < 1.29 is 38.1 Å². The van der Waals surface area contributed by atoms with E-state index in [0.29, 0.717) is 4.31 Å². The van der Waals surface area contributed by atoms with Crippen LogP contribution in [0.3, 0.4) is 0 Å². The maximum Gasteiger partial charge on any atom is 0.335 e. The van der Waals surface area contributed by atoms with Crippen LogP contribution >= 0.6 is 0 Å². The summed E-state index contributed by atoms with van der Waals surface area (Å²) in [4.78, 5) is 33.1. The molecule has 0 saturated carbocycles. The van der Waals surface area contributed by atoms with Gasteiger partial charge in [0.1, 0.15) is 11.6 Å². The zero-order chi connectivity index (χ0) is 18.3. The summed E-state index contributed by atoms with van der Waals surface area (Å²) in [5.41, 5.74) is 3.26. The van der Waals surface area contributed by atoms with Gasteiger partial charge in [0, 0.05) is 13.0 Å². The van der Waals surface area contributed by atoms with Crippen LogP contribution in [0.25, 0.3) is 0 Å². The highest BCUT2D eigenvalue weighted by molar-refractivity contribution is 7.89. The fourth-order valence-corrected chi connectivity index (χ4v) is 4.14. The van der Waals surface area contributed by atoms with Gasteiger partial charge in [0.2, 0.25) is 10.0 Å². The summed E-state index contributed by atoms with van der Waals surface area (Å²) in [6, 6.07) is 2.66. The van der Waals surface area contributed by atoms with Crippen molar-refractivity contribution in [1.82, 2.24) is 4.31 Å². The van der Waals surface area contributed by atoms with Gasteiger partial charge in [-0.25, -0.2) is 13.2 Å². The number of nitrogens with two attached hydrogens (primary N) is 1. The third-order valence-corrected chi connectivity index (χ3v) is 5.59. The van der Waals surface area contributed by atoms with Gasteiger partial charge in [-0.15, -0.1) is 0 Å². The Balaban J connectivity index is 2.51. The summed E-state index contributed by atoms with van der Waals surface area (Å²) in [6.07, 6.45) is -0.602. The smallest absolute Gasteiger partial charge is 0.335 e. The van der Waals surface area contributed by atoms with Gasteiger partial charge in [0.15, 0.2) is 0 Å². The Kier molecular flexibility index (Phi) is 4.35. The molecule has 0 unspecified atom stereocenters. The first-order chi connectivity index (χ1) is 11.0. The van der Waals surface area contributed by atoms with Crippen LogP contribution in [0.4, 0.5) is 0 Å². The van der Waals surface area contributed by atoms with Crippen LogP contribution in [0.2, 0.25) is 0 Å². The van der Waals surface area contributed by atoms with Gasteiger partial charge in [-0.3, -0.25) is 9.59 Å². The molecule has 0 amide bonds. The van der Waals surface area contributed by atoms with Crippen molar-refractivity contribution in [2.45, 2.75) is 22.9 Å². The van der Waals surface area contributed by atoms with Crippen LogP contribution in [0.1, 0.15) is 16.8 Å². The number of carboxylic acid groups (broad SMARTS) is 3. The van der Waals surface area contributed by atoms with E-state index in [9.17, 15) is 27.9 Å². The van der Waals surface area contributed by atoms with E-state index in [2.05, 4.69) is 0 Å². The van der Waals surface area contributed by atoms with Gasteiger partial charge in [0.05, 0.1) is 10.5 Å². The summed E-state index contributed by atoms with van der Waals surface area (Å²) in [5.74, 6) is -4.42. The SMILES string of the molecule is N[C@]1(C(=O)O)C[C@H](C(=O)O)N(S(=O)(=O)c2cccc(C(=O)O)c2)C1.